The molecule has 1 saturated heterocycles. The second kappa shape index (κ2) is 3.90. The molecule has 1 fully saturated rings. The zero-order chi connectivity index (χ0) is 9.14. The van der Waals surface area contributed by atoms with Gasteiger partial charge in [-0.3, -0.25) is 9.69 Å². The van der Waals surface area contributed by atoms with Crippen LogP contribution in [0.1, 0.15) is 27.2 Å². The molecule has 3 nitrogen and oxygen atoms in total. The summed E-state index contributed by atoms with van der Waals surface area (Å²) in [6, 6.07) is 0.561. The Kier molecular flexibility index (Phi) is 3.09. The average Bonchev–Trinajstić information content (AvgIpc) is 2.34. The molecule has 0 bridgehead atoms. The second-order valence-corrected chi connectivity index (χ2v) is 3.61. The van der Waals surface area contributed by atoms with Gasteiger partial charge in [-0.1, -0.05) is 0 Å². The van der Waals surface area contributed by atoms with Crippen molar-refractivity contribution < 1.29 is 9.53 Å². The molecule has 3 heteroatoms. The summed E-state index contributed by atoms with van der Waals surface area (Å²) in [5.74, 6) is -0.161. The van der Waals surface area contributed by atoms with Crippen molar-refractivity contribution in [2.45, 2.75) is 39.3 Å². The molecule has 0 aromatic rings. The Morgan fingerprint density at radius 2 is 2.25 bits per heavy atom. The number of likely N-dealkylation sites (tertiary alicyclic amines) is 1. The molecule has 1 unspecified atom stereocenters. The topological polar surface area (TPSA) is 29.5 Å². The van der Waals surface area contributed by atoms with Gasteiger partial charge in [0.25, 0.3) is 0 Å². The molecular weight excluding hydrogens is 154 g/mol. The van der Waals surface area contributed by atoms with E-state index in [1.54, 1.807) is 0 Å². The Labute approximate surface area is 73.7 Å². The van der Waals surface area contributed by atoms with E-state index in [2.05, 4.69) is 18.7 Å². The molecule has 0 spiro atoms. The van der Waals surface area contributed by atoms with E-state index in [1.165, 1.54) is 6.92 Å². The van der Waals surface area contributed by atoms with E-state index in [-0.39, 0.29) is 12.1 Å². The van der Waals surface area contributed by atoms with Crippen molar-refractivity contribution in [1.29, 1.82) is 0 Å². The number of rotatable bonds is 2. The normalized spacial score (nSPS) is 24.8. The lowest BCUT2D eigenvalue weighted by atomic mass is 10.3. The molecule has 1 heterocycles. The molecule has 0 aromatic heterocycles. The third-order valence-corrected chi connectivity index (χ3v) is 2.24. The number of esters is 1. The van der Waals surface area contributed by atoms with Gasteiger partial charge in [0.1, 0.15) is 6.10 Å². The summed E-state index contributed by atoms with van der Waals surface area (Å²) in [6.07, 6.45) is 1.11. The number of nitrogens with zero attached hydrogens (tertiary/aromatic N) is 1. The molecule has 1 aliphatic heterocycles. The van der Waals surface area contributed by atoms with Crippen LogP contribution < -0.4 is 0 Å². The van der Waals surface area contributed by atoms with E-state index < -0.39 is 0 Å². The molecule has 0 saturated carbocycles. The molecule has 0 radical (unpaired) electrons. The van der Waals surface area contributed by atoms with Crippen LogP contribution in [0.3, 0.4) is 0 Å². The SMILES string of the molecule is CC(=O)OC1CCN(C(C)C)C1. The van der Waals surface area contributed by atoms with Gasteiger partial charge in [-0.25, -0.2) is 0 Å². The first-order valence-corrected chi connectivity index (χ1v) is 4.51. The molecule has 0 amide bonds. The van der Waals surface area contributed by atoms with Crippen LogP contribution >= 0.6 is 0 Å². The van der Waals surface area contributed by atoms with Gasteiger partial charge in [-0.15, -0.1) is 0 Å². The fraction of sp³-hybridized carbons (Fsp3) is 0.889. The van der Waals surface area contributed by atoms with Crippen molar-refractivity contribution in [3.63, 3.8) is 0 Å². The summed E-state index contributed by atoms with van der Waals surface area (Å²) in [6.45, 7) is 7.75. The minimum absolute atomic E-state index is 0.130. The first-order valence-electron chi connectivity index (χ1n) is 4.51. The highest BCUT2D eigenvalue weighted by molar-refractivity contribution is 5.66. The van der Waals surface area contributed by atoms with Crippen LogP contribution in [0, 0.1) is 0 Å². The number of hydrogen-bond acceptors (Lipinski definition) is 3. The van der Waals surface area contributed by atoms with E-state index in [0.717, 1.165) is 19.5 Å². The number of hydrogen-bond donors (Lipinski definition) is 0. The summed E-state index contributed by atoms with van der Waals surface area (Å²) < 4.78 is 5.11. The smallest absolute Gasteiger partial charge is 0.302 e. The van der Waals surface area contributed by atoms with Gasteiger partial charge in [0, 0.05) is 26.1 Å². The standard InChI is InChI=1S/C9H17NO2/c1-7(2)10-5-4-9(6-10)12-8(3)11/h7,9H,4-6H2,1-3H3. The Morgan fingerprint density at radius 1 is 1.58 bits per heavy atom. The van der Waals surface area contributed by atoms with E-state index in [4.69, 9.17) is 4.74 Å². The minimum Gasteiger partial charge on any atom is -0.461 e. The molecule has 0 N–H and O–H groups in total. The van der Waals surface area contributed by atoms with Crippen LogP contribution in [0.2, 0.25) is 0 Å². The minimum atomic E-state index is -0.161. The first kappa shape index (κ1) is 9.52. The van der Waals surface area contributed by atoms with Gasteiger partial charge in [-0.05, 0) is 20.3 Å². The highest BCUT2D eigenvalue weighted by Crippen LogP contribution is 2.14. The first-order chi connectivity index (χ1) is 5.59. The molecular formula is C9H17NO2. The van der Waals surface area contributed by atoms with Crippen LogP contribution in [0.15, 0.2) is 0 Å². The molecule has 1 rings (SSSR count). The van der Waals surface area contributed by atoms with Crippen molar-refractivity contribution in [1.82, 2.24) is 4.90 Å². The summed E-state index contributed by atoms with van der Waals surface area (Å²) in [5, 5.41) is 0. The molecule has 70 valence electrons. The number of ether oxygens (including phenoxy) is 1. The Hall–Kier alpha value is -0.570. The van der Waals surface area contributed by atoms with Crippen molar-refractivity contribution in [3.8, 4) is 0 Å². The Balaban J connectivity index is 2.30. The highest BCUT2D eigenvalue weighted by atomic mass is 16.5. The third kappa shape index (κ3) is 2.48. The fourth-order valence-electron chi connectivity index (χ4n) is 1.55. The largest absolute Gasteiger partial charge is 0.461 e. The van der Waals surface area contributed by atoms with Crippen LogP contribution in [0.4, 0.5) is 0 Å². The van der Waals surface area contributed by atoms with Crippen LogP contribution in [0.5, 0.6) is 0 Å². The van der Waals surface area contributed by atoms with Crippen molar-refractivity contribution in [2.75, 3.05) is 13.1 Å². The molecule has 1 aliphatic rings. The molecule has 12 heavy (non-hydrogen) atoms. The maximum Gasteiger partial charge on any atom is 0.302 e. The van der Waals surface area contributed by atoms with E-state index in [9.17, 15) is 4.79 Å². The van der Waals surface area contributed by atoms with Gasteiger partial charge in [0.15, 0.2) is 0 Å². The zero-order valence-electron chi connectivity index (χ0n) is 8.04. The van der Waals surface area contributed by atoms with Gasteiger partial charge >= 0.3 is 5.97 Å². The van der Waals surface area contributed by atoms with Crippen LogP contribution in [-0.2, 0) is 9.53 Å². The summed E-state index contributed by atoms with van der Waals surface area (Å²) in [4.78, 5) is 13.0. The number of carbonyl (C=O) groups is 1. The van der Waals surface area contributed by atoms with Crippen molar-refractivity contribution in [2.24, 2.45) is 0 Å². The lowest BCUT2D eigenvalue weighted by Crippen LogP contribution is -2.30. The predicted octanol–water partition coefficient (Wildman–Crippen LogP) is 1.03. The average molecular weight is 171 g/mol. The second-order valence-electron chi connectivity index (χ2n) is 3.61. The van der Waals surface area contributed by atoms with Crippen LogP contribution in [0.25, 0.3) is 0 Å². The van der Waals surface area contributed by atoms with E-state index in [1.807, 2.05) is 0 Å². The van der Waals surface area contributed by atoms with Gasteiger partial charge in [-0.2, -0.15) is 0 Å². The van der Waals surface area contributed by atoms with Gasteiger partial charge in [0.05, 0.1) is 0 Å². The summed E-state index contributed by atoms with van der Waals surface area (Å²) >= 11 is 0. The molecule has 1 atom stereocenters. The lowest BCUT2D eigenvalue weighted by molar-refractivity contribution is -0.145. The Morgan fingerprint density at radius 3 is 2.67 bits per heavy atom. The van der Waals surface area contributed by atoms with Crippen molar-refractivity contribution >= 4 is 5.97 Å². The lowest BCUT2D eigenvalue weighted by Gasteiger charge is -2.19. The van der Waals surface area contributed by atoms with Crippen molar-refractivity contribution in [3.05, 3.63) is 0 Å². The number of carbonyl (C=O) groups excluding carboxylic acids is 1. The maximum absolute atomic E-state index is 10.6. The highest BCUT2D eigenvalue weighted by Gasteiger charge is 2.25. The molecule has 0 aliphatic carbocycles. The zero-order valence-corrected chi connectivity index (χ0v) is 8.04. The summed E-state index contributed by atoms with van der Waals surface area (Å²) in [7, 11) is 0. The van der Waals surface area contributed by atoms with Crippen LogP contribution in [-0.4, -0.2) is 36.1 Å². The third-order valence-electron chi connectivity index (χ3n) is 2.24. The van der Waals surface area contributed by atoms with E-state index >= 15 is 0 Å². The fourth-order valence-corrected chi connectivity index (χ4v) is 1.55. The molecule has 0 aromatic carbocycles. The monoisotopic (exact) mass is 171 g/mol. The Bertz CT molecular complexity index is 168. The quantitative estimate of drug-likeness (QED) is 0.581. The summed E-state index contributed by atoms with van der Waals surface area (Å²) in [5.41, 5.74) is 0. The maximum atomic E-state index is 10.6. The van der Waals surface area contributed by atoms with Gasteiger partial charge < -0.3 is 4.74 Å². The predicted molar refractivity (Wildman–Crippen MR) is 46.9 cm³/mol. The van der Waals surface area contributed by atoms with Gasteiger partial charge in [0.2, 0.25) is 0 Å². The van der Waals surface area contributed by atoms with E-state index in [0.29, 0.717) is 6.04 Å².